The molecule has 4 heterocycles. The van der Waals surface area contributed by atoms with Crippen LogP contribution < -0.4 is 4.74 Å². The number of aliphatic carboxylic acids is 1. The van der Waals surface area contributed by atoms with Crippen LogP contribution in [0.25, 0.3) is 11.3 Å². The van der Waals surface area contributed by atoms with E-state index < -0.39 is 12.1 Å². The van der Waals surface area contributed by atoms with Gasteiger partial charge in [-0.25, -0.2) is 9.78 Å². The monoisotopic (exact) mass is 517 g/mol. The Labute approximate surface area is 212 Å². The summed E-state index contributed by atoms with van der Waals surface area (Å²) in [5.74, 6) is -0.977. The van der Waals surface area contributed by atoms with E-state index in [9.17, 15) is 13.2 Å². The first-order valence-corrected chi connectivity index (χ1v) is 12.5. The van der Waals surface area contributed by atoms with Gasteiger partial charge in [0.1, 0.15) is 5.75 Å². The molecule has 1 saturated heterocycles. The van der Waals surface area contributed by atoms with E-state index >= 15 is 0 Å². The summed E-state index contributed by atoms with van der Waals surface area (Å²) >= 11 is 0. The van der Waals surface area contributed by atoms with Crippen molar-refractivity contribution in [1.29, 1.82) is 0 Å². The molecule has 3 aliphatic rings. The molecule has 2 fully saturated rings. The first-order valence-electron chi connectivity index (χ1n) is 12.5. The van der Waals surface area contributed by atoms with E-state index in [0.29, 0.717) is 0 Å². The number of fused-ring (bicyclic) bond motifs is 4. The number of carboxylic acids is 1. The van der Waals surface area contributed by atoms with E-state index in [1.165, 1.54) is 30.5 Å². The summed E-state index contributed by atoms with van der Waals surface area (Å²) in [5.41, 5.74) is 4.60. The number of hydrogen-bond acceptors (Lipinski definition) is 5. The Morgan fingerprint density at radius 1 is 1.22 bits per heavy atom. The lowest BCUT2D eigenvalue weighted by atomic mass is 9.82. The van der Waals surface area contributed by atoms with Gasteiger partial charge in [-0.2, -0.15) is 18.3 Å². The number of para-hydroxylation sites is 1. The smallest absolute Gasteiger partial charge is 0.480 e. The standard InChI is InChI=1S/C24H29N5O.C2HF3O2/c1-27-14-19(13-26-27)15-28-11-9-24(10-12-28)23-22(20-7-2-3-8-21(20)30-24)25-17-29(23)16-18-5-4-6-18;3-2(4,5)1(6)7/h2-3,7-8,13-14,17-18H,4-6,9-12,15-16H2,1H3;(H,6,7). The summed E-state index contributed by atoms with van der Waals surface area (Å²) in [6, 6.07) is 8.41. The third kappa shape index (κ3) is 5.22. The Morgan fingerprint density at radius 2 is 1.92 bits per heavy atom. The molecule has 1 N–H and O–H groups in total. The molecule has 0 atom stereocenters. The highest BCUT2D eigenvalue weighted by Gasteiger charge is 2.46. The summed E-state index contributed by atoms with van der Waals surface area (Å²) in [5, 5.41) is 11.4. The molecule has 1 aromatic carbocycles. The number of benzene rings is 1. The van der Waals surface area contributed by atoms with E-state index in [4.69, 9.17) is 19.6 Å². The van der Waals surface area contributed by atoms with Gasteiger partial charge in [-0.1, -0.05) is 18.6 Å². The van der Waals surface area contributed by atoms with Crippen LogP contribution in [0.1, 0.15) is 43.4 Å². The average Bonchev–Trinajstić information content (AvgIpc) is 3.44. The summed E-state index contributed by atoms with van der Waals surface area (Å²) in [7, 11) is 1.98. The van der Waals surface area contributed by atoms with Crippen molar-refractivity contribution in [2.75, 3.05) is 13.1 Å². The molecule has 1 spiro atoms. The van der Waals surface area contributed by atoms with Crippen LogP contribution in [0.15, 0.2) is 43.0 Å². The molecule has 0 radical (unpaired) electrons. The number of aryl methyl sites for hydroxylation is 1. The van der Waals surface area contributed by atoms with Crippen molar-refractivity contribution in [3.05, 3.63) is 54.2 Å². The molecule has 11 heteroatoms. The lowest BCUT2D eigenvalue weighted by Gasteiger charge is -2.45. The van der Waals surface area contributed by atoms with E-state index in [-0.39, 0.29) is 5.60 Å². The molecule has 37 heavy (non-hydrogen) atoms. The maximum Gasteiger partial charge on any atom is 0.490 e. The van der Waals surface area contributed by atoms with E-state index in [1.54, 1.807) is 0 Å². The van der Waals surface area contributed by atoms with Crippen molar-refractivity contribution in [2.45, 2.75) is 57.0 Å². The molecular weight excluding hydrogens is 487 g/mol. The molecule has 0 amide bonds. The van der Waals surface area contributed by atoms with Gasteiger partial charge in [0.05, 0.1) is 23.9 Å². The zero-order valence-electron chi connectivity index (χ0n) is 20.6. The molecule has 2 aliphatic heterocycles. The van der Waals surface area contributed by atoms with Crippen molar-refractivity contribution in [3.63, 3.8) is 0 Å². The summed E-state index contributed by atoms with van der Waals surface area (Å²) in [6.45, 7) is 4.07. The Hall–Kier alpha value is -3.34. The number of carboxylic acid groups (broad SMARTS) is 1. The van der Waals surface area contributed by atoms with Crippen LogP contribution in [0.2, 0.25) is 0 Å². The van der Waals surface area contributed by atoms with Gasteiger partial charge >= 0.3 is 12.1 Å². The molecule has 3 aromatic rings. The molecule has 198 valence electrons. The number of nitrogens with zero attached hydrogens (tertiary/aromatic N) is 5. The van der Waals surface area contributed by atoms with Gasteiger partial charge < -0.3 is 14.4 Å². The summed E-state index contributed by atoms with van der Waals surface area (Å²) in [6.07, 6.45) is 7.11. The zero-order valence-corrected chi connectivity index (χ0v) is 20.6. The number of rotatable bonds is 4. The number of alkyl halides is 3. The van der Waals surface area contributed by atoms with Crippen LogP contribution >= 0.6 is 0 Å². The summed E-state index contributed by atoms with van der Waals surface area (Å²) < 4.78 is 42.9. The lowest BCUT2D eigenvalue weighted by Crippen LogP contribution is -2.48. The number of likely N-dealkylation sites (tertiary alicyclic amines) is 1. The minimum Gasteiger partial charge on any atom is -0.480 e. The number of imidazole rings is 1. The number of carbonyl (C=O) groups is 1. The van der Waals surface area contributed by atoms with Crippen molar-refractivity contribution < 1.29 is 27.8 Å². The van der Waals surface area contributed by atoms with Gasteiger partial charge in [-0.3, -0.25) is 9.58 Å². The van der Waals surface area contributed by atoms with Crippen LogP contribution in [0.5, 0.6) is 5.75 Å². The number of hydrogen-bond donors (Lipinski definition) is 1. The maximum absolute atomic E-state index is 10.6. The zero-order chi connectivity index (χ0) is 26.2. The molecule has 0 unspecified atom stereocenters. The molecule has 2 aromatic heterocycles. The second-order valence-corrected chi connectivity index (χ2v) is 10.1. The van der Waals surface area contributed by atoms with Gasteiger partial charge in [-0.15, -0.1) is 0 Å². The highest BCUT2D eigenvalue weighted by atomic mass is 19.4. The van der Waals surface area contributed by atoms with Crippen molar-refractivity contribution in [2.24, 2.45) is 13.0 Å². The van der Waals surface area contributed by atoms with Crippen LogP contribution in [0.3, 0.4) is 0 Å². The number of aromatic nitrogens is 4. The SMILES string of the molecule is Cn1cc(CN2CCC3(CC2)Oc2ccccc2-c2ncn(CC4CCC4)c23)cn1.O=C(O)C(F)(F)F. The fourth-order valence-corrected chi connectivity index (χ4v) is 5.38. The lowest BCUT2D eigenvalue weighted by molar-refractivity contribution is -0.192. The fraction of sp³-hybridized carbons (Fsp3) is 0.500. The Morgan fingerprint density at radius 3 is 2.51 bits per heavy atom. The number of halogens is 3. The second kappa shape index (κ2) is 9.85. The summed E-state index contributed by atoms with van der Waals surface area (Å²) in [4.78, 5) is 16.3. The first kappa shape index (κ1) is 25.3. The number of piperidine rings is 1. The third-order valence-corrected chi connectivity index (χ3v) is 7.47. The van der Waals surface area contributed by atoms with Crippen LogP contribution in [0.4, 0.5) is 13.2 Å². The number of ether oxygens (including phenoxy) is 1. The van der Waals surface area contributed by atoms with Gasteiger partial charge in [-0.05, 0) is 30.9 Å². The molecule has 8 nitrogen and oxygen atoms in total. The normalized spacial score (nSPS) is 18.7. The highest BCUT2D eigenvalue weighted by molar-refractivity contribution is 5.73. The van der Waals surface area contributed by atoms with Gasteiger partial charge in [0.15, 0.2) is 5.60 Å². The maximum atomic E-state index is 10.6. The van der Waals surface area contributed by atoms with Gasteiger partial charge in [0.2, 0.25) is 0 Å². The van der Waals surface area contributed by atoms with Crippen LogP contribution in [-0.4, -0.2) is 54.6 Å². The fourth-order valence-electron chi connectivity index (χ4n) is 5.38. The van der Waals surface area contributed by atoms with Crippen molar-refractivity contribution in [3.8, 4) is 17.0 Å². The predicted molar refractivity (Wildman–Crippen MR) is 129 cm³/mol. The Balaban J connectivity index is 0.000000355. The minimum absolute atomic E-state index is 0.268. The predicted octanol–water partition coefficient (Wildman–Crippen LogP) is 4.60. The van der Waals surface area contributed by atoms with Crippen LogP contribution in [0, 0.1) is 5.92 Å². The quantitative estimate of drug-likeness (QED) is 0.545. The van der Waals surface area contributed by atoms with Crippen molar-refractivity contribution in [1.82, 2.24) is 24.2 Å². The molecule has 1 aliphatic carbocycles. The largest absolute Gasteiger partial charge is 0.490 e. The molecular formula is C26H30F3N5O3. The molecule has 1 saturated carbocycles. The molecule has 0 bridgehead atoms. The minimum atomic E-state index is -5.08. The Kier molecular flexibility index (Phi) is 6.74. The van der Waals surface area contributed by atoms with Crippen LogP contribution in [-0.2, 0) is 30.5 Å². The average molecular weight is 518 g/mol. The highest BCUT2D eigenvalue weighted by Crippen LogP contribution is 2.49. The first-order chi connectivity index (χ1) is 17.6. The van der Waals surface area contributed by atoms with Gasteiger partial charge in [0.25, 0.3) is 0 Å². The molecule has 6 rings (SSSR count). The van der Waals surface area contributed by atoms with E-state index in [0.717, 1.165) is 61.9 Å². The van der Waals surface area contributed by atoms with E-state index in [2.05, 4.69) is 51.4 Å². The van der Waals surface area contributed by atoms with E-state index in [1.807, 2.05) is 17.9 Å². The topological polar surface area (TPSA) is 85.4 Å². The Bertz CT molecular complexity index is 1260. The van der Waals surface area contributed by atoms with Gasteiger partial charge in [0, 0.05) is 63.4 Å². The van der Waals surface area contributed by atoms with Crippen molar-refractivity contribution >= 4 is 5.97 Å². The second-order valence-electron chi connectivity index (χ2n) is 10.1. The third-order valence-electron chi connectivity index (χ3n) is 7.47.